The number of primary sulfonamides is 1. The molecule has 1 aromatic rings. The zero-order valence-electron chi connectivity index (χ0n) is 11.2. The van der Waals surface area contributed by atoms with Gasteiger partial charge in [0.1, 0.15) is 6.04 Å². The maximum atomic E-state index is 12.4. The third-order valence-electron chi connectivity index (χ3n) is 3.48. The van der Waals surface area contributed by atoms with E-state index in [0.29, 0.717) is 13.0 Å². The molecule has 2 rings (SSSR count). The number of aliphatic carboxylic acids is 1. The summed E-state index contributed by atoms with van der Waals surface area (Å²) in [6.07, 6.45) is 1.95. The Morgan fingerprint density at radius 3 is 2.33 bits per heavy atom. The van der Waals surface area contributed by atoms with Crippen LogP contribution in [0.1, 0.15) is 29.6 Å². The Morgan fingerprint density at radius 2 is 1.81 bits per heavy atom. The summed E-state index contributed by atoms with van der Waals surface area (Å²) in [7, 11) is -3.81. The molecule has 1 atom stereocenters. The molecule has 8 heteroatoms. The zero-order valence-corrected chi connectivity index (χ0v) is 12.0. The molecule has 1 amide bonds. The number of benzene rings is 1. The fourth-order valence-corrected chi connectivity index (χ4v) is 2.90. The molecule has 0 bridgehead atoms. The van der Waals surface area contributed by atoms with E-state index in [0.717, 1.165) is 12.8 Å². The van der Waals surface area contributed by atoms with Gasteiger partial charge in [-0.05, 0) is 43.5 Å². The molecule has 0 aliphatic carbocycles. The molecule has 0 spiro atoms. The number of carbonyl (C=O) groups is 2. The Morgan fingerprint density at radius 1 is 1.19 bits per heavy atom. The lowest BCUT2D eigenvalue weighted by Gasteiger charge is -2.33. The number of likely N-dealkylation sites (tertiary alicyclic amines) is 1. The Hall–Kier alpha value is -1.93. The van der Waals surface area contributed by atoms with E-state index in [-0.39, 0.29) is 10.5 Å². The number of carboxylic acids is 1. The molecule has 1 aliphatic heterocycles. The number of nitrogens with two attached hydrogens (primary N) is 1. The van der Waals surface area contributed by atoms with Crippen LogP contribution in [0.2, 0.25) is 0 Å². The Kier molecular flexibility index (Phi) is 4.29. The van der Waals surface area contributed by atoms with E-state index in [1.807, 2.05) is 0 Å². The van der Waals surface area contributed by atoms with Crippen LogP contribution in [0.5, 0.6) is 0 Å². The van der Waals surface area contributed by atoms with Crippen LogP contribution in [-0.4, -0.2) is 42.9 Å². The van der Waals surface area contributed by atoms with Crippen LogP contribution in [0, 0.1) is 0 Å². The number of amides is 1. The van der Waals surface area contributed by atoms with E-state index < -0.39 is 27.9 Å². The average molecular weight is 312 g/mol. The number of hydrogen-bond acceptors (Lipinski definition) is 4. The fourth-order valence-electron chi connectivity index (χ4n) is 2.38. The van der Waals surface area contributed by atoms with Crippen molar-refractivity contribution < 1.29 is 23.1 Å². The van der Waals surface area contributed by atoms with Crippen molar-refractivity contribution in [3.63, 3.8) is 0 Å². The first-order chi connectivity index (χ1) is 9.80. The highest BCUT2D eigenvalue weighted by atomic mass is 32.2. The number of nitrogens with zero attached hydrogens (tertiary/aromatic N) is 1. The molecule has 0 saturated carbocycles. The van der Waals surface area contributed by atoms with Gasteiger partial charge in [-0.2, -0.15) is 0 Å². The number of hydrogen-bond donors (Lipinski definition) is 2. The first-order valence-electron chi connectivity index (χ1n) is 6.47. The van der Waals surface area contributed by atoms with Gasteiger partial charge in [-0.15, -0.1) is 0 Å². The minimum atomic E-state index is -3.81. The zero-order chi connectivity index (χ0) is 15.6. The van der Waals surface area contributed by atoms with Gasteiger partial charge in [0.25, 0.3) is 5.91 Å². The highest BCUT2D eigenvalue weighted by Crippen LogP contribution is 2.20. The van der Waals surface area contributed by atoms with Crippen LogP contribution in [0.25, 0.3) is 0 Å². The molecule has 1 fully saturated rings. The van der Waals surface area contributed by atoms with Gasteiger partial charge >= 0.3 is 5.97 Å². The van der Waals surface area contributed by atoms with Gasteiger partial charge in [-0.1, -0.05) is 0 Å². The minimum absolute atomic E-state index is 0.0903. The monoisotopic (exact) mass is 312 g/mol. The van der Waals surface area contributed by atoms with Gasteiger partial charge in [0.15, 0.2) is 0 Å². The van der Waals surface area contributed by atoms with Gasteiger partial charge < -0.3 is 10.0 Å². The van der Waals surface area contributed by atoms with Gasteiger partial charge in [0, 0.05) is 12.1 Å². The number of carboxylic acid groups (broad SMARTS) is 1. The second kappa shape index (κ2) is 5.82. The lowest BCUT2D eigenvalue weighted by molar-refractivity contribution is -0.143. The van der Waals surface area contributed by atoms with E-state index in [2.05, 4.69) is 0 Å². The minimum Gasteiger partial charge on any atom is -0.480 e. The lowest BCUT2D eigenvalue weighted by atomic mass is 10.0. The molecular formula is C13H16N2O5S. The van der Waals surface area contributed by atoms with Gasteiger partial charge in [0.05, 0.1) is 4.90 Å². The van der Waals surface area contributed by atoms with Crippen LogP contribution < -0.4 is 5.14 Å². The summed E-state index contributed by atoms with van der Waals surface area (Å²) in [5.74, 6) is -1.44. The fraction of sp³-hybridized carbons (Fsp3) is 0.385. The third kappa shape index (κ3) is 3.40. The lowest BCUT2D eigenvalue weighted by Crippen LogP contribution is -2.47. The van der Waals surface area contributed by atoms with Crippen molar-refractivity contribution >= 4 is 21.9 Å². The molecule has 1 saturated heterocycles. The van der Waals surface area contributed by atoms with E-state index in [1.165, 1.54) is 29.2 Å². The van der Waals surface area contributed by atoms with E-state index in [1.54, 1.807) is 0 Å². The molecule has 3 N–H and O–H groups in total. The summed E-state index contributed by atoms with van der Waals surface area (Å²) >= 11 is 0. The van der Waals surface area contributed by atoms with Crippen molar-refractivity contribution in [3.8, 4) is 0 Å². The quantitative estimate of drug-likeness (QED) is 0.838. The van der Waals surface area contributed by atoms with Crippen LogP contribution >= 0.6 is 0 Å². The number of piperidine rings is 1. The summed E-state index contributed by atoms with van der Waals surface area (Å²) in [6, 6.07) is 4.33. The van der Waals surface area contributed by atoms with Crippen molar-refractivity contribution in [1.82, 2.24) is 4.90 Å². The molecule has 1 heterocycles. The molecule has 7 nitrogen and oxygen atoms in total. The second-order valence-electron chi connectivity index (χ2n) is 4.92. The van der Waals surface area contributed by atoms with Crippen molar-refractivity contribution in [2.75, 3.05) is 6.54 Å². The third-order valence-corrected chi connectivity index (χ3v) is 4.41. The number of rotatable bonds is 3. The maximum absolute atomic E-state index is 12.4. The van der Waals surface area contributed by atoms with E-state index in [4.69, 9.17) is 10.2 Å². The molecular weight excluding hydrogens is 296 g/mol. The molecule has 21 heavy (non-hydrogen) atoms. The first kappa shape index (κ1) is 15.5. The molecule has 1 aliphatic rings. The highest BCUT2D eigenvalue weighted by molar-refractivity contribution is 7.89. The predicted octanol–water partition coefficient (Wildman–Crippen LogP) is 0.413. The van der Waals surface area contributed by atoms with Crippen LogP contribution in [-0.2, 0) is 14.8 Å². The topological polar surface area (TPSA) is 118 Å². The van der Waals surface area contributed by atoms with Crippen molar-refractivity contribution in [2.24, 2.45) is 5.14 Å². The highest BCUT2D eigenvalue weighted by Gasteiger charge is 2.32. The average Bonchev–Trinajstić information content (AvgIpc) is 2.45. The predicted molar refractivity (Wildman–Crippen MR) is 74.1 cm³/mol. The van der Waals surface area contributed by atoms with Crippen molar-refractivity contribution in [3.05, 3.63) is 29.8 Å². The van der Waals surface area contributed by atoms with E-state index >= 15 is 0 Å². The van der Waals surface area contributed by atoms with Crippen molar-refractivity contribution in [1.29, 1.82) is 0 Å². The molecule has 0 radical (unpaired) electrons. The summed E-state index contributed by atoms with van der Waals surface area (Å²) < 4.78 is 22.3. The molecule has 0 aromatic heterocycles. The summed E-state index contributed by atoms with van der Waals surface area (Å²) in [4.78, 5) is 24.8. The number of carbonyl (C=O) groups excluding carboxylic acids is 1. The van der Waals surface area contributed by atoms with Crippen LogP contribution in [0.3, 0.4) is 0 Å². The molecule has 1 aromatic carbocycles. The Balaban J connectivity index is 2.24. The Labute approximate surface area is 122 Å². The van der Waals surface area contributed by atoms with E-state index in [9.17, 15) is 18.0 Å². The van der Waals surface area contributed by atoms with Crippen molar-refractivity contribution in [2.45, 2.75) is 30.2 Å². The van der Waals surface area contributed by atoms with Gasteiger partial charge in [-0.3, -0.25) is 4.79 Å². The SMILES string of the molecule is NS(=O)(=O)c1ccc(C(=O)N2CCCCC2C(=O)O)cc1. The smallest absolute Gasteiger partial charge is 0.326 e. The Bertz CT molecular complexity index is 654. The standard InChI is InChI=1S/C13H16N2O5S/c14-21(19,20)10-6-4-9(5-7-10)12(16)15-8-2-1-3-11(15)13(17)18/h4-7,11H,1-3,8H2,(H,17,18)(H2,14,19,20). The number of sulfonamides is 1. The summed E-state index contributed by atoms with van der Waals surface area (Å²) in [5, 5.41) is 14.2. The normalized spacial score (nSPS) is 19.3. The molecule has 114 valence electrons. The summed E-state index contributed by atoms with van der Waals surface area (Å²) in [6.45, 7) is 0.382. The maximum Gasteiger partial charge on any atom is 0.326 e. The molecule has 1 unspecified atom stereocenters. The second-order valence-corrected chi connectivity index (χ2v) is 6.48. The summed E-state index contributed by atoms with van der Waals surface area (Å²) in [5.41, 5.74) is 0.246. The van der Waals surface area contributed by atoms with Gasteiger partial charge in [0.2, 0.25) is 10.0 Å². The largest absolute Gasteiger partial charge is 0.480 e. The first-order valence-corrected chi connectivity index (χ1v) is 8.02. The van der Waals surface area contributed by atoms with Gasteiger partial charge in [-0.25, -0.2) is 18.4 Å². The van der Waals surface area contributed by atoms with Crippen LogP contribution in [0.4, 0.5) is 0 Å². The van der Waals surface area contributed by atoms with Crippen LogP contribution in [0.15, 0.2) is 29.2 Å².